The third-order valence-electron chi connectivity index (χ3n) is 4.42. The lowest BCUT2D eigenvalue weighted by molar-refractivity contribution is -0.119. The van der Waals surface area contributed by atoms with Crippen molar-refractivity contribution in [1.29, 1.82) is 0 Å². The van der Waals surface area contributed by atoms with Gasteiger partial charge in [-0.25, -0.2) is 23.4 Å². The third kappa shape index (κ3) is 7.27. The molecule has 0 unspecified atom stereocenters. The second-order valence-electron chi connectivity index (χ2n) is 6.86. The largest absolute Gasteiger partial charge is 0.493 e. The second-order valence-corrected chi connectivity index (χ2v) is 9.44. The maximum absolute atomic E-state index is 12.4. The number of sulfonamides is 1. The van der Waals surface area contributed by atoms with Crippen molar-refractivity contribution in [3.8, 4) is 11.5 Å². The van der Waals surface area contributed by atoms with Gasteiger partial charge in [0.05, 0.1) is 40.4 Å². The zero-order valence-electron chi connectivity index (χ0n) is 18.2. The number of carbonyl (C=O) groups excluding carboxylic acids is 2. The van der Waals surface area contributed by atoms with E-state index in [1.807, 2.05) is 0 Å². The quantitative estimate of drug-likeness (QED) is 0.186. The number of esters is 1. The van der Waals surface area contributed by atoms with Crippen LogP contribution in [0.4, 0.5) is 0 Å². The SMILES string of the molecule is COc1cc(/C=N\NC(=O)CNS(=O)(=O)c2ccccc2)ccc1OC(=O)c1ccc(Cl)c(Cl)c1. The number of benzene rings is 3. The smallest absolute Gasteiger partial charge is 0.343 e. The molecule has 0 saturated heterocycles. The van der Waals surface area contributed by atoms with Crippen LogP contribution in [-0.2, 0) is 14.8 Å². The van der Waals surface area contributed by atoms with Gasteiger partial charge in [-0.3, -0.25) is 4.79 Å². The molecule has 35 heavy (non-hydrogen) atoms. The maximum Gasteiger partial charge on any atom is 0.343 e. The number of hydrogen-bond acceptors (Lipinski definition) is 7. The van der Waals surface area contributed by atoms with Crippen LogP contribution in [0.25, 0.3) is 0 Å². The van der Waals surface area contributed by atoms with E-state index in [9.17, 15) is 18.0 Å². The number of methoxy groups -OCH3 is 1. The molecule has 3 rings (SSSR count). The second kappa shape index (κ2) is 11.8. The van der Waals surface area contributed by atoms with Gasteiger partial charge in [0.1, 0.15) is 0 Å². The molecule has 2 N–H and O–H groups in total. The van der Waals surface area contributed by atoms with Gasteiger partial charge in [-0.15, -0.1) is 0 Å². The first-order valence-electron chi connectivity index (χ1n) is 9.91. The van der Waals surface area contributed by atoms with Gasteiger partial charge in [-0.05, 0) is 54.1 Å². The molecule has 0 aliphatic rings. The van der Waals surface area contributed by atoms with Crippen LogP contribution in [0.2, 0.25) is 10.0 Å². The summed E-state index contributed by atoms with van der Waals surface area (Å²) in [7, 11) is -2.42. The highest BCUT2D eigenvalue weighted by atomic mass is 35.5. The van der Waals surface area contributed by atoms with Crippen LogP contribution in [0.15, 0.2) is 76.7 Å². The Kier molecular flexibility index (Phi) is 8.83. The van der Waals surface area contributed by atoms with Crippen molar-refractivity contribution in [2.24, 2.45) is 5.10 Å². The molecule has 9 nitrogen and oxygen atoms in total. The van der Waals surface area contributed by atoms with Crippen LogP contribution < -0.4 is 19.6 Å². The first-order valence-corrected chi connectivity index (χ1v) is 12.2. The molecule has 0 aromatic heterocycles. The molecule has 0 spiro atoms. The Balaban J connectivity index is 1.58. The van der Waals surface area contributed by atoms with Gasteiger partial charge in [0, 0.05) is 0 Å². The molecule has 0 radical (unpaired) electrons. The minimum absolute atomic E-state index is 0.0448. The van der Waals surface area contributed by atoms with Crippen molar-refractivity contribution in [2.75, 3.05) is 13.7 Å². The minimum atomic E-state index is -3.82. The van der Waals surface area contributed by atoms with Crippen LogP contribution in [0.3, 0.4) is 0 Å². The van der Waals surface area contributed by atoms with E-state index in [2.05, 4.69) is 15.2 Å². The fourth-order valence-electron chi connectivity index (χ4n) is 2.69. The van der Waals surface area contributed by atoms with E-state index in [0.29, 0.717) is 10.6 Å². The molecule has 3 aromatic carbocycles. The normalized spacial score (nSPS) is 11.3. The predicted molar refractivity (Wildman–Crippen MR) is 132 cm³/mol. The topological polar surface area (TPSA) is 123 Å². The molecule has 182 valence electrons. The summed E-state index contributed by atoms with van der Waals surface area (Å²) in [5.41, 5.74) is 2.95. The fraction of sp³-hybridized carbons (Fsp3) is 0.0870. The molecule has 0 aliphatic heterocycles. The Morgan fingerprint density at radius 2 is 1.71 bits per heavy atom. The molecule has 0 aliphatic carbocycles. The fourth-order valence-corrected chi connectivity index (χ4v) is 3.99. The van der Waals surface area contributed by atoms with Crippen LogP contribution in [0, 0.1) is 0 Å². The van der Waals surface area contributed by atoms with Gasteiger partial charge in [-0.2, -0.15) is 5.10 Å². The lowest BCUT2D eigenvalue weighted by Gasteiger charge is -2.10. The summed E-state index contributed by atoms with van der Waals surface area (Å²) in [4.78, 5) is 24.4. The Morgan fingerprint density at radius 3 is 2.40 bits per heavy atom. The van der Waals surface area contributed by atoms with Crippen LogP contribution in [-0.4, -0.2) is 40.2 Å². The highest BCUT2D eigenvalue weighted by Gasteiger charge is 2.15. The zero-order valence-corrected chi connectivity index (χ0v) is 20.5. The molecule has 0 saturated carbocycles. The predicted octanol–water partition coefficient (Wildman–Crippen LogP) is 3.65. The lowest BCUT2D eigenvalue weighted by Crippen LogP contribution is -2.34. The van der Waals surface area contributed by atoms with E-state index >= 15 is 0 Å². The average Bonchev–Trinajstić information content (AvgIpc) is 2.85. The van der Waals surface area contributed by atoms with Gasteiger partial charge in [0.25, 0.3) is 5.91 Å². The summed E-state index contributed by atoms with van der Waals surface area (Å²) in [5, 5.41) is 4.32. The van der Waals surface area contributed by atoms with Crippen molar-refractivity contribution >= 4 is 51.3 Å². The summed E-state index contributed by atoms with van der Waals surface area (Å²) in [6.45, 7) is -0.499. The van der Waals surface area contributed by atoms with Gasteiger partial charge in [0.2, 0.25) is 10.0 Å². The number of carbonyl (C=O) groups is 2. The lowest BCUT2D eigenvalue weighted by atomic mass is 10.2. The number of hydrogen-bond donors (Lipinski definition) is 2. The van der Waals surface area contributed by atoms with Crippen molar-refractivity contribution in [1.82, 2.24) is 10.1 Å². The number of amides is 1. The standard InChI is InChI=1S/C23H19Cl2N3O6S/c1-33-21-11-15(7-10-20(21)34-23(30)16-8-9-18(24)19(25)12-16)13-26-28-22(29)14-27-35(31,32)17-5-3-2-4-6-17/h2-13,27H,14H2,1H3,(H,28,29)/b26-13-. The number of nitrogens with zero attached hydrogens (tertiary/aromatic N) is 1. The number of hydrazone groups is 1. The number of rotatable bonds is 9. The van der Waals surface area contributed by atoms with E-state index in [1.165, 1.54) is 55.8 Å². The van der Waals surface area contributed by atoms with Crippen molar-refractivity contribution in [3.05, 3.63) is 87.9 Å². The van der Waals surface area contributed by atoms with Crippen LogP contribution in [0.5, 0.6) is 11.5 Å². The highest BCUT2D eigenvalue weighted by Crippen LogP contribution is 2.29. The Labute approximate surface area is 211 Å². The minimum Gasteiger partial charge on any atom is -0.493 e. The van der Waals surface area contributed by atoms with Crippen molar-refractivity contribution < 1.29 is 27.5 Å². The molecule has 0 fully saturated rings. The summed E-state index contributed by atoms with van der Waals surface area (Å²) < 4.78 is 37.1. The molecule has 0 heterocycles. The Hall–Kier alpha value is -3.44. The summed E-state index contributed by atoms with van der Waals surface area (Å²) >= 11 is 11.8. The monoisotopic (exact) mass is 535 g/mol. The third-order valence-corrected chi connectivity index (χ3v) is 6.58. The molecular formula is C23H19Cl2N3O6S. The highest BCUT2D eigenvalue weighted by molar-refractivity contribution is 7.89. The summed E-state index contributed by atoms with van der Waals surface area (Å²) in [5.74, 6) is -0.933. The maximum atomic E-state index is 12.4. The summed E-state index contributed by atoms with van der Waals surface area (Å²) in [6.07, 6.45) is 1.32. The number of halogens is 2. The summed E-state index contributed by atoms with van der Waals surface area (Å²) in [6, 6.07) is 16.6. The average molecular weight is 536 g/mol. The van der Waals surface area contributed by atoms with Gasteiger partial charge < -0.3 is 9.47 Å². The van der Waals surface area contributed by atoms with E-state index < -0.39 is 28.4 Å². The van der Waals surface area contributed by atoms with Crippen LogP contribution in [0.1, 0.15) is 15.9 Å². The number of nitrogens with one attached hydrogen (secondary N) is 2. The first kappa shape index (κ1) is 26.2. The van der Waals surface area contributed by atoms with E-state index in [4.69, 9.17) is 32.7 Å². The molecule has 0 atom stereocenters. The van der Waals surface area contributed by atoms with E-state index in [-0.39, 0.29) is 27.0 Å². The molecule has 3 aromatic rings. The molecule has 0 bridgehead atoms. The van der Waals surface area contributed by atoms with Gasteiger partial charge in [-0.1, -0.05) is 41.4 Å². The van der Waals surface area contributed by atoms with Crippen molar-refractivity contribution in [2.45, 2.75) is 4.90 Å². The zero-order chi connectivity index (χ0) is 25.4. The Morgan fingerprint density at radius 1 is 0.971 bits per heavy atom. The van der Waals surface area contributed by atoms with E-state index in [0.717, 1.165) is 0 Å². The van der Waals surface area contributed by atoms with Crippen LogP contribution >= 0.6 is 23.2 Å². The van der Waals surface area contributed by atoms with E-state index in [1.54, 1.807) is 24.3 Å². The van der Waals surface area contributed by atoms with Gasteiger partial charge in [0.15, 0.2) is 11.5 Å². The molecular weight excluding hydrogens is 517 g/mol. The van der Waals surface area contributed by atoms with Crippen molar-refractivity contribution in [3.63, 3.8) is 0 Å². The molecule has 1 amide bonds. The van der Waals surface area contributed by atoms with Gasteiger partial charge >= 0.3 is 5.97 Å². The number of ether oxygens (including phenoxy) is 2. The first-order chi connectivity index (χ1) is 16.7. The Bertz CT molecular complexity index is 1360. The molecule has 12 heteroatoms.